The molecule has 0 saturated heterocycles. The van der Waals surface area contributed by atoms with Crippen LogP contribution in [0, 0.1) is 0 Å². The summed E-state index contributed by atoms with van der Waals surface area (Å²) in [7, 11) is 0. The van der Waals surface area contributed by atoms with Crippen molar-refractivity contribution in [3.63, 3.8) is 0 Å². The molecular formula is C52H32N4. The first kappa shape index (κ1) is 31.0. The fraction of sp³-hybridized carbons (Fsp3) is 0.0192. The first-order chi connectivity index (χ1) is 27.8. The van der Waals surface area contributed by atoms with Gasteiger partial charge in [0.05, 0.1) is 16.4 Å². The highest BCUT2D eigenvalue weighted by atomic mass is 15.2. The fourth-order valence-corrected chi connectivity index (χ4v) is 9.62. The van der Waals surface area contributed by atoms with E-state index < -0.39 is 0 Å². The van der Waals surface area contributed by atoms with Crippen LogP contribution in [-0.4, -0.2) is 19.5 Å². The summed E-state index contributed by atoms with van der Waals surface area (Å²) in [6.07, 6.45) is 0. The van der Waals surface area contributed by atoms with E-state index in [1.165, 1.54) is 44.5 Å². The zero-order valence-electron chi connectivity index (χ0n) is 30.3. The molecule has 0 fully saturated rings. The summed E-state index contributed by atoms with van der Waals surface area (Å²) in [6, 6.07) is 69.7. The second-order valence-electron chi connectivity index (χ2n) is 14.7. The first-order valence-electron chi connectivity index (χ1n) is 19.1. The van der Waals surface area contributed by atoms with E-state index >= 15 is 0 Å². The molecule has 260 valence electrons. The van der Waals surface area contributed by atoms with Gasteiger partial charge in [-0.2, -0.15) is 9.97 Å². The average Bonchev–Trinajstić information content (AvgIpc) is 3.89. The van der Waals surface area contributed by atoms with Gasteiger partial charge in [-0.05, 0) is 62.2 Å². The van der Waals surface area contributed by atoms with Crippen LogP contribution in [0.2, 0.25) is 0 Å². The third kappa shape index (κ3) is 4.21. The van der Waals surface area contributed by atoms with Crippen LogP contribution in [0.25, 0.3) is 83.9 Å². The molecule has 10 aromatic rings. The lowest BCUT2D eigenvalue weighted by atomic mass is 9.70. The van der Waals surface area contributed by atoms with Crippen LogP contribution < -0.4 is 0 Å². The van der Waals surface area contributed by atoms with Crippen LogP contribution in [0.4, 0.5) is 0 Å². The Hall–Kier alpha value is -7.43. The van der Waals surface area contributed by atoms with Crippen LogP contribution in [-0.2, 0) is 5.41 Å². The summed E-state index contributed by atoms with van der Waals surface area (Å²) in [5, 5.41) is 2.30. The average molecular weight is 713 g/mol. The van der Waals surface area contributed by atoms with Gasteiger partial charge in [-0.15, -0.1) is 0 Å². The number of rotatable bonds is 4. The third-order valence-corrected chi connectivity index (χ3v) is 11.9. The van der Waals surface area contributed by atoms with Crippen LogP contribution in [0.5, 0.6) is 0 Å². The monoisotopic (exact) mass is 712 g/mol. The van der Waals surface area contributed by atoms with Gasteiger partial charge in [0.15, 0.2) is 11.6 Å². The quantitative estimate of drug-likeness (QED) is 0.182. The molecule has 56 heavy (non-hydrogen) atoms. The molecule has 4 nitrogen and oxygen atoms in total. The molecule has 2 aliphatic rings. The molecule has 0 atom stereocenters. The number of para-hydroxylation sites is 2. The Balaban J connectivity index is 1.13. The highest BCUT2D eigenvalue weighted by Gasteiger charge is 2.51. The van der Waals surface area contributed by atoms with E-state index in [4.69, 9.17) is 15.0 Å². The Labute approximate surface area is 324 Å². The lowest BCUT2D eigenvalue weighted by molar-refractivity contribution is 0.794. The van der Waals surface area contributed by atoms with Gasteiger partial charge < -0.3 is 0 Å². The molecule has 0 unspecified atom stereocenters. The van der Waals surface area contributed by atoms with E-state index in [0.717, 1.165) is 44.1 Å². The molecule has 0 amide bonds. The number of hydrogen-bond acceptors (Lipinski definition) is 3. The van der Waals surface area contributed by atoms with E-state index in [2.05, 4.69) is 162 Å². The molecule has 0 saturated carbocycles. The second kappa shape index (κ2) is 11.8. The van der Waals surface area contributed by atoms with Crippen molar-refractivity contribution in [2.24, 2.45) is 0 Å². The molecule has 4 heteroatoms. The largest absolute Gasteiger partial charge is 0.277 e. The summed E-state index contributed by atoms with van der Waals surface area (Å²) in [4.78, 5) is 15.5. The smallest absolute Gasteiger partial charge is 0.238 e. The lowest BCUT2D eigenvalue weighted by Gasteiger charge is -2.30. The highest BCUT2D eigenvalue weighted by Crippen LogP contribution is 2.63. The van der Waals surface area contributed by atoms with Crippen molar-refractivity contribution in [3.05, 3.63) is 216 Å². The van der Waals surface area contributed by atoms with Crippen molar-refractivity contribution >= 4 is 21.8 Å². The number of fused-ring (bicyclic) bond motifs is 13. The van der Waals surface area contributed by atoms with E-state index in [1.54, 1.807) is 0 Å². The van der Waals surface area contributed by atoms with Crippen LogP contribution in [0.3, 0.4) is 0 Å². The number of nitrogens with zero attached hydrogens (tertiary/aromatic N) is 4. The molecule has 8 aromatic carbocycles. The Morgan fingerprint density at radius 3 is 1.45 bits per heavy atom. The van der Waals surface area contributed by atoms with Gasteiger partial charge in [0.1, 0.15) is 0 Å². The van der Waals surface area contributed by atoms with Gasteiger partial charge in [-0.25, -0.2) is 4.98 Å². The number of aromatic nitrogens is 4. The minimum Gasteiger partial charge on any atom is -0.277 e. The van der Waals surface area contributed by atoms with E-state index in [0.29, 0.717) is 17.6 Å². The van der Waals surface area contributed by atoms with E-state index in [-0.39, 0.29) is 5.41 Å². The predicted molar refractivity (Wildman–Crippen MR) is 227 cm³/mol. The van der Waals surface area contributed by atoms with Crippen molar-refractivity contribution < 1.29 is 0 Å². The van der Waals surface area contributed by atoms with Crippen molar-refractivity contribution in [1.82, 2.24) is 19.5 Å². The first-order valence-corrected chi connectivity index (χ1v) is 19.1. The summed E-state index contributed by atoms with van der Waals surface area (Å²) in [6.45, 7) is 0. The minimum absolute atomic E-state index is 0.384. The summed E-state index contributed by atoms with van der Waals surface area (Å²) in [5.74, 6) is 1.85. The maximum atomic E-state index is 5.23. The van der Waals surface area contributed by atoms with Crippen molar-refractivity contribution in [2.45, 2.75) is 5.41 Å². The SMILES string of the molecule is c1ccc(-c2nc(-c3ccccc3)nc(-n3c4ccccc4c4cccc(-c5ccc6c(c5)-c5ccccc5C65c6ccccc6-c6ccccc65)c43)n2)cc1. The van der Waals surface area contributed by atoms with Gasteiger partial charge in [-0.1, -0.05) is 182 Å². The molecule has 2 heterocycles. The third-order valence-electron chi connectivity index (χ3n) is 11.9. The van der Waals surface area contributed by atoms with Gasteiger partial charge in [-0.3, -0.25) is 4.57 Å². The molecule has 12 rings (SSSR count). The minimum atomic E-state index is -0.384. The standard InChI is InChI=1S/C52H32N4/c1-3-16-33(17-4-1)49-53-50(34-18-5-2-6-19-34)55-51(54-49)56-47-29-14-10-23-40(47)41-25-15-24-36(48(41)56)35-30-31-46-42(32-35)39-22-9-13-28-45(39)52(46)43-26-11-7-20-37(43)38-21-8-12-27-44(38)52/h1-32H. The topological polar surface area (TPSA) is 43.6 Å². The second-order valence-corrected chi connectivity index (χ2v) is 14.7. The van der Waals surface area contributed by atoms with Gasteiger partial charge in [0.25, 0.3) is 0 Å². The molecule has 2 aromatic heterocycles. The predicted octanol–water partition coefficient (Wildman–Crippen LogP) is 12.3. The number of hydrogen-bond donors (Lipinski definition) is 0. The lowest BCUT2D eigenvalue weighted by Crippen LogP contribution is -2.25. The van der Waals surface area contributed by atoms with Gasteiger partial charge >= 0.3 is 0 Å². The summed E-state index contributed by atoms with van der Waals surface area (Å²) in [5.41, 5.74) is 16.4. The molecule has 0 N–H and O–H groups in total. The molecule has 0 aliphatic heterocycles. The Morgan fingerprint density at radius 2 is 0.821 bits per heavy atom. The molecule has 2 aliphatic carbocycles. The molecule has 0 bridgehead atoms. The molecule has 0 radical (unpaired) electrons. The van der Waals surface area contributed by atoms with Gasteiger partial charge in [0, 0.05) is 27.5 Å². The van der Waals surface area contributed by atoms with Crippen molar-refractivity contribution in [3.8, 4) is 62.1 Å². The maximum Gasteiger partial charge on any atom is 0.238 e. The molecular weight excluding hydrogens is 681 g/mol. The Morgan fingerprint density at radius 1 is 0.339 bits per heavy atom. The van der Waals surface area contributed by atoms with E-state index in [9.17, 15) is 0 Å². The molecule has 1 spiro atoms. The maximum absolute atomic E-state index is 5.23. The summed E-state index contributed by atoms with van der Waals surface area (Å²) >= 11 is 0. The van der Waals surface area contributed by atoms with Crippen molar-refractivity contribution in [2.75, 3.05) is 0 Å². The Bertz CT molecular complexity index is 3090. The van der Waals surface area contributed by atoms with Crippen LogP contribution >= 0.6 is 0 Å². The van der Waals surface area contributed by atoms with Crippen LogP contribution in [0.15, 0.2) is 194 Å². The highest BCUT2D eigenvalue weighted by molar-refractivity contribution is 6.14. The number of benzene rings is 8. The zero-order chi connectivity index (χ0) is 36.8. The van der Waals surface area contributed by atoms with Crippen molar-refractivity contribution in [1.29, 1.82) is 0 Å². The van der Waals surface area contributed by atoms with Crippen LogP contribution in [0.1, 0.15) is 22.3 Å². The zero-order valence-corrected chi connectivity index (χ0v) is 30.3. The Kier molecular flexibility index (Phi) is 6.52. The van der Waals surface area contributed by atoms with Gasteiger partial charge in [0.2, 0.25) is 5.95 Å². The fourth-order valence-electron chi connectivity index (χ4n) is 9.62. The summed E-state index contributed by atoms with van der Waals surface area (Å²) < 4.78 is 2.24. The normalized spacial score (nSPS) is 13.1. The van der Waals surface area contributed by atoms with E-state index in [1.807, 2.05) is 36.4 Å².